The van der Waals surface area contributed by atoms with Crippen LogP contribution in [0.3, 0.4) is 0 Å². The van der Waals surface area contributed by atoms with Crippen molar-refractivity contribution in [2.45, 2.75) is 55.0 Å². The van der Waals surface area contributed by atoms with Crippen LogP contribution in [0.5, 0.6) is 0 Å². The highest BCUT2D eigenvalue weighted by Gasteiger charge is 2.45. The zero-order valence-corrected chi connectivity index (χ0v) is 13.2. The fourth-order valence-electron chi connectivity index (χ4n) is 3.13. The van der Waals surface area contributed by atoms with Crippen LogP contribution in [-0.4, -0.2) is 52.1 Å². The minimum atomic E-state index is -0.432. The molecule has 0 amide bonds. The van der Waals surface area contributed by atoms with Crippen LogP contribution >= 0.6 is 11.8 Å². The molecule has 2 atom stereocenters. The first kappa shape index (κ1) is 15.1. The van der Waals surface area contributed by atoms with Gasteiger partial charge in [0.25, 0.3) is 0 Å². The van der Waals surface area contributed by atoms with Gasteiger partial charge in [0.2, 0.25) is 0 Å². The smallest absolute Gasteiger partial charge is 0.343 e. The fraction of sp³-hybridized carbons (Fsp3) is 0.846. The Bertz CT molecular complexity index is 538. The van der Waals surface area contributed by atoms with Crippen molar-refractivity contribution < 1.29 is 9.47 Å². The molecule has 1 aliphatic carbocycles. The van der Waals surface area contributed by atoms with Crippen molar-refractivity contribution in [3.05, 3.63) is 10.5 Å². The Hall–Kier alpha value is -0.830. The third kappa shape index (κ3) is 2.90. The summed E-state index contributed by atoms with van der Waals surface area (Å²) in [6, 6.07) is 0.366. The van der Waals surface area contributed by atoms with Crippen molar-refractivity contribution in [2.75, 3.05) is 20.3 Å². The Labute approximate surface area is 127 Å². The molecule has 1 saturated heterocycles. The molecule has 118 valence electrons. The van der Waals surface area contributed by atoms with Gasteiger partial charge in [0, 0.05) is 30.7 Å². The van der Waals surface area contributed by atoms with E-state index in [4.69, 9.17) is 9.47 Å². The van der Waals surface area contributed by atoms with Gasteiger partial charge >= 0.3 is 5.69 Å². The van der Waals surface area contributed by atoms with E-state index in [-0.39, 0.29) is 10.9 Å². The molecule has 21 heavy (non-hydrogen) atoms. The van der Waals surface area contributed by atoms with E-state index in [1.165, 1.54) is 0 Å². The number of ether oxygens (including phenoxy) is 2. The molecule has 2 N–H and O–H groups in total. The number of rotatable bonds is 4. The number of aromatic amines is 1. The molecule has 2 unspecified atom stereocenters. The van der Waals surface area contributed by atoms with Crippen LogP contribution in [-0.2, 0) is 16.0 Å². The van der Waals surface area contributed by atoms with E-state index in [0.717, 1.165) is 24.4 Å². The Morgan fingerprint density at radius 2 is 2.29 bits per heavy atom. The second kappa shape index (κ2) is 6.12. The molecule has 1 aliphatic heterocycles. The quantitative estimate of drug-likeness (QED) is 0.845. The molecular formula is C13H22N4O3S. The first-order valence-corrected chi connectivity index (χ1v) is 8.32. The maximum Gasteiger partial charge on any atom is 0.343 e. The Balaban J connectivity index is 1.78. The molecule has 0 bridgehead atoms. The lowest BCUT2D eigenvalue weighted by molar-refractivity contribution is -0.177. The molecule has 7 nitrogen and oxygen atoms in total. The Kier molecular flexibility index (Phi) is 4.39. The number of thioether (sulfide) groups is 1. The van der Waals surface area contributed by atoms with Gasteiger partial charge in [0.15, 0.2) is 10.9 Å². The maximum atomic E-state index is 11.7. The van der Waals surface area contributed by atoms with E-state index < -0.39 is 5.79 Å². The molecule has 1 spiro atoms. The summed E-state index contributed by atoms with van der Waals surface area (Å²) in [5.41, 5.74) is -0.153. The van der Waals surface area contributed by atoms with Crippen LogP contribution in [0.4, 0.5) is 0 Å². The van der Waals surface area contributed by atoms with Crippen molar-refractivity contribution in [1.29, 1.82) is 0 Å². The largest absolute Gasteiger partial charge is 0.347 e. The van der Waals surface area contributed by atoms with Crippen LogP contribution < -0.4 is 11.0 Å². The molecule has 8 heteroatoms. The van der Waals surface area contributed by atoms with Crippen molar-refractivity contribution in [3.8, 4) is 0 Å². The zero-order chi connectivity index (χ0) is 14.9. The van der Waals surface area contributed by atoms with Gasteiger partial charge in [-0.15, -0.1) is 5.10 Å². The summed E-state index contributed by atoms with van der Waals surface area (Å²) >= 11 is 1.63. The number of nitrogens with zero attached hydrogens (tertiary/aromatic N) is 2. The maximum absolute atomic E-state index is 11.7. The van der Waals surface area contributed by atoms with Gasteiger partial charge in [-0.25, -0.2) is 9.89 Å². The standard InChI is InChI=1S/C13H22N4O3S/c1-3-17-11(18)15-16-12(17)21-10-8-13(19-6-7-20-13)5-4-9(10)14-2/h9-10,14H,3-8H2,1-2H3,(H,15,18). The van der Waals surface area contributed by atoms with E-state index in [9.17, 15) is 4.79 Å². The van der Waals surface area contributed by atoms with E-state index in [2.05, 4.69) is 15.5 Å². The molecule has 1 saturated carbocycles. The van der Waals surface area contributed by atoms with Gasteiger partial charge in [-0.3, -0.25) is 4.57 Å². The summed E-state index contributed by atoms with van der Waals surface area (Å²) in [6.45, 7) is 3.90. The summed E-state index contributed by atoms with van der Waals surface area (Å²) in [4.78, 5) is 11.7. The Morgan fingerprint density at radius 3 is 2.95 bits per heavy atom. The molecule has 1 aromatic rings. The van der Waals surface area contributed by atoms with E-state index in [1.807, 2.05) is 14.0 Å². The lowest BCUT2D eigenvalue weighted by Gasteiger charge is -2.40. The van der Waals surface area contributed by atoms with Gasteiger partial charge in [-0.2, -0.15) is 0 Å². The summed E-state index contributed by atoms with van der Waals surface area (Å²) < 4.78 is 13.3. The van der Waals surface area contributed by atoms with Gasteiger partial charge in [0.05, 0.1) is 13.2 Å². The number of hydrogen-bond acceptors (Lipinski definition) is 6. The summed E-state index contributed by atoms with van der Waals surface area (Å²) in [5, 5.41) is 11.0. The van der Waals surface area contributed by atoms with E-state index in [1.54, 1.807) is 16.3 Å². The summed E-state index contributed by atoms with van der Waals surface area (Å²) in [6.07, 6.45) is 2.72. The highest BCUT2D eigenvalue weighted by Crippen LogP contribution is 2.41. The summed E-state index contributed by atoms with van der Waals surface area (Å²) in [7, 11) is 1.98. The second-order valence-electron chi connectivity index (χ2n) is 5.46. The van der Waals surface area contributed by atoms with Crippen molar-refractivity contribution in [2.24, 2.45) is 0 Å². The first-order valence-electron chi connectivity index (χ1n) is 7.44. The third-order valence-electron chi connectivity index (χ3n) is 4.28. The Morgan fingerprint density at radius 1 is 1.52 bits per heavy atom. The van der Waals surface area contributed by atoms with Crippen molar-refractivity contribution in [1.82, 2.24) is 20.1 Å². The fourth-order valence-corrected chi connectivity index (χ4v) is 4.61. The molecule has 2 fully saturated rings. The molecule has 0 aromatic carbocycles. The van der Waals surface area contributed by atoms with Crippen LogP contribution in [0.15, 0.2) is 9.95 Å². The van der Waals surface area contributed by atoms with Crippen LogP contribution in [0.25, 0.3) is 0 Å². The minimum absolute atomic E-state index is 0.153. The first-order chi connectivity index (χ1) is 10.2. The lowest BCUT2D eigenvalue weighted by Crippen LogP contribution is -2.48. The van der Waals surface area contributed by atoms with Crippen LogP contribution in [0.2, 0.25) is 0 Å². The predicted octanol–water partition coefficient (Wildman–Crippen LogP) is 0.567. The van der Waals surface area contributed by atoms with Crippen LogP contribution in [0.1, 0.15) is 26.2 Å². The van der Waals surface area contributed by atoms with E-state index in [0.29, 0.717) is 25.8 Å². The molecule has 2 aliphatic rings. The topological polar surface area (TPSA) is 81.2 Å². The van der Waals surface area contributed by atoms with Crippen molar-refractivity contribution >= 4 is 11.8 Å². The monoisotopic (exact) mass is 314 g/mol. The normalized spacial score (nSPS) is 28.3. The van der Waals surface area contributed by atoms with Gasteiger partial charge < -0.3 is 14.8 Å². The van der Waals surface area contributed by atoms with Gasteiger partial charge in [-0.05, 0) is 20.4 Å². The van der Waals surface area contributed by atoms with Gasteiger partial charge in [-0.1, -0.05) is 11.8 Å². The SMILES string of the molecule is CCn1c(SC2CC3(CCC2NC)OCCO3)n[nH]c1=O. The highest BCUT2D eigenvalue weighted by atomic mass is 32.2. The molecule has 2 heterocycles. The number of hydrogen-bond donors (Lipinski definition) is 2. The minimum Gasteiger partial charge on any atom is -0.347 e. The highest BCUT2D eigenvalue weighted by molar-refractivity contribution is 7.99. The van der Waals surface area contributed by atoms with E-state index >= 15 is 0 Å². The number of H-pyrrole nitrogens is 1. The van der Waals surface area contributed by atoms with Crippen LogP contribution in [0, 0.1) is 0 Å². The molecule has 3 rings (SSSR count). The third-order valence-corrected chi connectivity index (χ3v) is 5.60. The average Bonchev–Trinajstić information content (AvgIpc) is 3.07. The van der Waals surface area contributed by atoms with Crippen molar-refractivity contribution in [3.63, 3.8) is 0 Å². The zero-order valence-electron chi connectivity index (χ0n) is 12.4. The molecular weight excluding hydrogens is 292 g/mol. The molecule has 0 radical (unpaired) electrons. The predicted molar refractivity (Wildman–Crippen MR) is 79.5 cm³/mol. The lowest BCUT2D eigenvalue weighted by atomic mass is 9.89. The summed E-state index contributed by atoms with van der Waals surface area (Å²) in [5.74, 6) is -0.432. The molecule has 1 aromatic heterocycles. The average molecular weight is 314 g/mol. The number of nitrogens with one attached hydrogen (secondary N) is 2. The second-order valence-corrected chi connectivity index (χ2v) is 6.66. The van der Waals surface area contributed by atoms with Gasteiger partial charge in [0.1, 0.15) is 0 Å². The number of aromatic nitrogens is 3.